The summed E-state index contributed by atoms with van der Waals surface area (Å²) in [6.07, 6.45) is 0. The molecule has 0 saturated carbocycles. The van der Waals surface area contributed by atoms with Crippen molar-refractivity contribution in [1.82, 2.24) is 0 Å². The fourth-order valence-corrected chi connectivity index (χ4v) is 5.28. The summed E-state index contributed by atoms with van der Waals surface area (Å²) < 4.78 is 0. The maximum atomic E-state index is 2.41. The van der Waals surface area contributed by atoms with Crippen molar-refractivity contribution in [3.8, 4) is 11.1 Å². The van der Waals surface area contributed by atoms with E-state index < -0.39 is 0 Å². The lowest BCUT2D eigenvalue weighted by atomic mass is 9.89. The lowest BCUT2D eigenvalue weighted by Gasteiger charge is -2.15. The SMILES string of the molecule is c1ccc2cc(-c3cc4c(ccc5ccc6ccccc6c54)c4ccccc34)ccc2c1. The number of hydrogen-bond donors (Lipinski definition) is 0. The summed E-state index contributed by atoms with van der Waals surface area (Å²) in [5, 5.41) is 13.0. The summed E-state index contributed by atoms with van der Waals surface area (Å²) in [6, 6.07) is 44.4. The van der Waals surface area contributed by atoms with Crippen molar-refractivity contribution >= 4 is 53.9 Å². The van der Waals surface area contributed by atoms with Crippen molar-refractivity contribution in [1.29, 1.82) is 0 Å². The normalized spacial score (nSPS) is 11.8. The van der Waals surface area contributed by atoms with E-state index >= 15 is 0 Å². The molecule has 0 amide bonds. The molecule has 32 heavy (non-hydrogen) atoms. The minimum Gasteiger partial charge on any atom is -0.0616 e. The van der Waals surface area contributed by atoms with E-state index in [0.29, 0.717) is 0 Å². The van der Waals surface area contributed by atoms with Gasteiger partial charge in [0.25, 0.3) is 0 Å². The van der Waals surface area contributed by atoms with Crippen molar-refractivity contribution in [3.63, 3.8) is 0 Å². The zero-order valence-electron chi connectivity index (χ0n) is 17.5. The molecule has 0 spiro atoms. The van der Waals surface area contributed by atoms with E-state index in [1.54, 1.807) is 0 Å². The number of fused-ring (bicyclic) bond motifs is 8. The van der Waals surface area contributed by atoms with Crippen LogP contribution in [0.3, 0.4) is 0 Å². The summed E-state index contributed by atoms with van der Waals surface area (Å²) in [5.41, 5.74) is 2.55. The van der Waals surface area contributed by atoms with Crippen LogP contribution in [0.25, 0.3) is 65.0 Å². The molecular formula is C32H20. The molecular weight excluding hydrogens is 384 g/mol. The summed E-state index contributed by atoms with van der Waals surface area (Å²) in [7, 11) is 0. The number of benzene rings is 7. The quantitative estimate of drug-likeness (QED) is 0.239. The predicted molar refractivity (Wildman–Crippen MR) is 139 cm³/mol. The molecule has 7 aromatic rings. The molecule has 0 aliphatic carbocycles. The molecule has 0 heterocycles. The Morgan fingerprint density at radius 1 is 0.312 bits per heavy atom. The lowest BCUT2D eigenvalue weighted by Crippen LogP contribution is -1.87. The van der Waals surface area contributed by atoms with E-state index in [1.807, 2.05) is 0 Å². The van der Waals surface area contributed by atoms with E-state index in [2.05, 4.69) is 121 Å². The fraction of sp³-hybridized carbons (Fsp3) is 0. The summed E-state index contributed by atoms with van der Waals surface area (Å²) in [6.45, 7) is 0. The van der Waals surface area contributed by atoms with Crippen LogP contribution in [-0.4, -0.2) is 0 Å². The van der Waals surface area contributed by atoms with Gasteiger partial charge in [0.2, 0.25) is 0 Å². The van der Waals surface area contributed by atoms with Crippen molar-refractivity contribution in [2.45, 2.75) is 0 Å². The number of hydrogen-bond acceptors (Lipinski definition) is 0. The average molecular weight is 405 g/mol. The predicted octanol–water partition coefficient (Wildman–Crippen LogP) is 9.12. The van der Waals surface area contributed by atoms with Gasteiger partial charge in [-0.25, -0.2) is 0 Å². The largest absolute Gasteiger partial charge is 0.0616 e. The second-order valence-corrected chi connectivity index (χ2v) is 8.58. The van der Waals surface area contributed by atoms with Crippen LogP contribution in [-0.2, 0) is 0 Å². The third-order valence-corrected chi connectivity index (χ3v) is 6.81. The Balaban J connectivity index is 1.68. The van der Waals surface area contributed by atoms with Gasteiger partial charge in [0, 0.05) is 0 Å². The van der Waals surface area contributed by atoms with Crippen molar-refractivity contribution in [2.75, 3.05) is 0 Å². The summed E-state index contributed by atoms with van der Waals surface area (Å²) >= 11 is 0. The first-order valence-corrected chi connectivity index (χ1v) is 11.1. The first-order valence-electron chi connectivity index (χ1n) is 11.1. The van der Waals surface area contributed by atoms with Crippen LogP contribution in [0.1, 0.15) is 0 Å². The summed E-state index contributed by atoms with van der Waals surface area (Å²) in [5.74, 6) is 0. The fourth-order valence-electron chi connectivity index (χ4n) is 5.28. The Hall–Kier alpha value is -4.16. The Labute approximate surface area is 186 Å². The van der Waals surface area contributed by atoms with Crippen LogP contribution >= 0.6 is 0 Å². The molecule has 0 aliphatic heterocycles. The third kappa shape index (κ3) is 2.50. The van der Waals surface area contributed by atoms with E-state index in [4.69, 9.17) is 0 Å². The highest BCUT2D eigenvalue weighted by Gasteiger charge is 2.12. The molecule has 0 saturated heterocycles. The number of rotatable bonds is 1. The molecule has 0 unspecified atom stereocenters. The first kappa shape index (κ1) is 17.5. The van der Waals surface area contributed by atoms with Crippen LogP contribution in [0.4, 0.5) is 0 Å². The Morgan fingerprint density at radius 3 is 1.78 bits per heavy atom. The molecule has 0 N–H and O–H groups in total. The van der Waals surface area contributed by atoms with Gasteiger partial charge in [0.1, 0.15) is 0 Å². The molecule has 0 bridgehead atoms. The molecule has 0 heteroatoms. The Kier molecular flexibility index (Phi) is 3.65. The topological polar surface area (TPSA) is 0 Å². The van der Waals surface area contributed by atoms with Gasteiger partial charge >= 0.3 is 0 Å². The van der Waals surface area contributed by atoms with Crippen LogP contribution in [0.15, 0.2) is 121 Å². The average Bonchev–Trinajstić information content (AvgIpc) is 2.87. The lowest BCUT2D eigenvalue weighted by molar-refractivity contribution is 1.70. The van der Waals surface area contributed by atoms with Crippen LogP contribution in [0.2, 0.25) is 0 Å². The molecule has 0 nitrogen and oxygen atoms in total. The molecule has 7 aromatic carbocycles. The highest BCUT2D eigenvalue weighted by Crippen LogP contribution is 2.40. The Morgan fingerprint density at radius 2 is 0.906 bits per heavy atom. The molecule has 148 valence electrons. The standard InChI is InChI=1S/C32H20/c1-2-9-24-19-25(16-13-21(24)7-1)30-20-31-29(27-11-5-6-12-28(27)30)18-17-23-15-14-22-8-3-4-10-26(22)32(23)31/h1-20H. The van der Waals surface area contributed by atoms with Crippen LogP contribution < -0.4 is 0 Å². The highest BCUT2D eigenvalue weighted by atomic mass is 14.2. The second-order valence-electron chi connectivity index (χ2n) is 8.58. The zero-order chi connectivity index (χ0) is 21.1. The van der Waals surface area contributed by atoms with Crippen LogP contribution in [0, 0.1) is 0 Å². The summed E-state index contributed by atoms with van der Waals surface area (Å²) in [4.78, 5) is 0. The minimum absolute atomic E-state index is 1.26. The van der Waals surface area contributed by atoms with Gasteiger partial charge in [-0.3, -0.25) is 0 Å². The monoisotopic (exact) mass is 404 g/mol. The maximum Gasteiger partial charge on any atom is -0.00264 e. The molecule has 0 atom stereocenters. The van der Waals surface area contributed by atoms with Gasteiger partial charge in [0.05, 0.1) is 0 Å². The van der Waals surface area contributed by atoms with Gasteiger partial charge in [-0.1, -0.05) is 109 Å². The van der Waals surface area contributed by atoms with Crippen molar-refractivity contribution < 1.29 is 0 Å². The smallest absolute Gasteiger partial charge is 0.00264 e. The zero-order valence-corrected chi connectivity index (χ0v) is 17.5. The molecule has 7 rings (SSSR count). The second kappa shape index (κ2) is 6.67. The molecule has 0 aliphatic rings. The molecule has 0 aromatic heterocycles. The van der Waals surface area contributed by atoms with Gasteiger partial charge < -0.3 is 0 Å². The van der Waals surface area contributed by atoms with Gasteiger partial charge in [-0.2, -0.15) is 0 Å². The van der Waals surface area contributed by atoms with Crippen molar-refractivity contribution in [3.05, 3.63) is 121 Å². The van der Waals surface area contributed by atoms with Gasteiger partial charge in [0.15, 0.2) is 0 Å². The first-order chi connectivity index (χ1) is 15.9. The van der Waals surface area contributed by atoms with E-state index in [9.17, 15) is 0 Å². The maximum absolute atomic E-state index is 2.41. The minimum atomic E-state index is 1.26. The van der Waals surface area contributed by atoms with E-state index in [1.165, 1.54) is 65.0 Å². The molecule has 0 fully saturated rings. The van der Waals surface area contributed by atoms with Gasteiger partial charge in [-0.05, 0) is 77.1 Å². The van der Waals surface area contributed by atoms with E-state index in [0.717, 1.165) is 0 Å². The van der Waals surface area contributed by atoms with Crippen molar-refractivity contribution in [2.24, 2.45) is 0 Å². The van der Waals surface area contributed by atoms with E-state index in [-0.39, 0.29) is 0 Å². The third-order valence-electron chi connectivity index (χ3n) is 6.81. The molecule has 0 radical (unpaired) electrons. The highest BCUT2D eigenvalue weighted by molar-refractivity contribution is 6.26. The Bertz CT molecular complexity index is 1820. The van der Waals surface area contributed by atoms with Crippen LogP contribution in [0.5, 0.6) is 0 Å². The van der Waals surface area contributed by atoms with Gasteiger partial charge in [-0.15, -0.1) is 0 Å².